The molecule has 0 amide bonds. The van der Waals surface area contributed by atoms with Gasteiger partial charge < -0.3 is 9.47 Å². The minimum atomic E-state index is -4.60. The van der Waals surface area contributed by atoms with E-state index >= 15 is 0 Å². The first-order chi connectivity index (χ1) is 19.5. The quantitative estimate of drug-likeness (QED) is 0.123. The van der Waals surface area contributed by atoms with Crippen molar-refractivity contribution in [1.29, 1.82) is 0 Å². The number of rotatable bonds is 12. The zero-order chi connectivity index (χ0) is 31.3. The molecule has 0 atom stereocenters. The molecule has 6 nitrogen and oxygen atoms in total. The second-order valence-corrected chi connectivity index (χ2v) is 12.8. The molecule has 0 saturated heterocycles. The zero-order valence-corrected chi connectivity index (χ0v) is 25.2. The van der Waals surface area contributed by atoms with Crippen LogP contribution in [0.4, 0.5) is 17.6 Å². The highest BCUT2D eigenvalue weighted by atomic mass is 35.5. The van der Waals surface area contributed by atoms with Gasteiger partial charge >= 0.3 is 12.1 Å². The van der Waals surface area contributed by atoms with Crippen molar-refractivity contribution < 1.29 is 40.2 Å². The molecular weight excluding hydrogens is 598 g/mol. The number of benzene rings is 3. The van der Waals surface area contributed by atoms with Crippen LogP contribution in [-0.4, -0.2) is 52.3 Å². The van der Waals surface area contributed by atoms with Crippen LogP contribution < -0.4 is 4.74 Å². The molecule has 0 spiro atoms. The normalized spacial score (nSPS) is 12.4. The van der Waals surface area contributed by atoms with E-state index < -0.39 is 43.8 Å². The number of hydrogen-bond acceptors (Lipinski definition) is 6. The fourth-order valence-corrected chi connectivity index (χ4v) is 5.80. The Labute approximate surface area is 248 Å². The van der Waals surface area contributed by atoms with Gasteiger partial charge in [-0.05, 0) is 29.7 Å². The lowest BCUT2D eigenvalue weighted by Crippen LogP contribution is -2.37. The number of ether oxygens (including phenoxy) is 2. The molecule has 0 aromatic heterocycles. The van der Waals surface area contributed by atoms with Gasteiger partial charge in [-0.15, -0.1) is 0 Å². The van der Waals surface area contributed by atoms with Crippen molar-refractivity contribution in [2.75, 3.05) is 33.1 Å². The van der Waals surface area contributed by atoms with Crippen LogP contribution in [0.25, 0.3) is 0 Å². The molecule has 3 aromatic carbocycles. The van der Waals surface area contributed by atoms with Gasteiger partial charge in [0.15, 0.2) is 9.84 Å². The van der Waals surface area contributed by atoms with E-state index in [0.717, 1.165) is 37.1 Å². The highest BCUT2D eigenvalue weighted by molar-refractivity contribution is 7.90. The van der Waals surface area contributed by atoms with E-state index in [1.165, 1.54) is 6.07 Å². The molecule has 0 saturated carbocycles. The molecule has 0 unspecified atom stereocenters. The Bertz CT molecular complexity index is 1510. The first kappa shape index (κ1) is 33.4. The van der Waals surface area contributed by atoms with E-state index in [2.05, 4.69) is 4.74 Å². The second-order valence-electron chi connectivity index (χ2n) is 10.5. The van der Waals surface area contributed by atoms with Gasteiger partial charge in [-0.2, -0.15) is 13.2 Å². The van der Waals surface area contributed by atoms with Crippen molar-refractivity contribution in [3.8, 4) is 5.75 Å². The monoisotopic (exact) mass is 629 g/mol. The van der Waals surface area contributed by atoms with Gasteiger partial charge in [0.25, 0.3) is 0 Å². The lowest BCUT2D eigenvalue weighted by Gasteiger charge is -2.33. The zero-order valence-electron chi connectivity index (χ0n) is 23.6. The van der Waals surface area contributed by atoms with Crippen molar-refractivity contribution in [2.45, 2.75) is 43.3 Å². The van der Waals surface area contributed by atoms with Crippen LogP contribution in [0.2, 0.25) is 5.02 Å². The first-order valence-electron chi connectivity index (χ1n) is 12.9. The maximum absolute atomic E-state index is 14.7. The largest absolute Gasteiger partial charge is 0.493 e. The number of esters is 1. The number of nitrogens with zero attached hydrogens (tertiary/aromatic N) is 1. The van der Waals surface area contributed by atoms with Crippen LogP contribution >= 0.6 is 11.6 Å². The summed E-state index contributed by atoms with van der Waals surface area (Å²) in [5.41, 5.74) is -0.649. The fraction of sp³-hybridized carbons (Fsp3) is 0.367. The third kappa shape index (κ3) is 8.45. The molecule has 0 bridgehead atoms. The third-order valence-corrected chi connectivity index (χ3v) is 8.22. The summed E-state index contributed by atoms with van der Waals surface area (Å²) in [6, 6.07) is 15.4. The molecule has 0 aliphatic carbocycles. The standard InChI is InChI=1S/C30H32ClF4NO5S/c1-29(2,21-11-6-5-7-12-21)19-36(18-20-10-8-13-23(27(20)31)30(33,34)35)14-9-15-41-22-16-24(32)26(28(37)40-3)25(17-22)42(4,38)39/h5-8,10-13,16-17H,9,14-15,18-19H2,1-4H3. The maximum atomic E-state index is 14.7. The first-order valence-corrected chi connectivity index (χ1v) is 15.2. The van der Waals surface area contributed by atoms with Gasteiger partial charge in [0, 0.05) is 37.4 Å². The number of sulfone groups is 1. The predicted molar refractivity (Wildman–Crippen MR) is 152 cm³/mol. The molecule has 12 heteroatoms. The third-order valence-electron chi connectivity index (χ3n) is 6.66. The predicted octanol–water partition coefficient (Wildman–Crippen LogP) is 6.94. The SMILES string of the molecule is COC(=O)c1c(F)cc(OCCCN(Cc2cccc(C(F)(F)F)c2Cl)CC(C)(C)c2ccccc2)cc1S(C)(=O)=O. The van der Waals surface area contributed by atoms with Crippen molar-refractivity contribution in [3.05, 3.63) is 93.8 Å². The van der Waals surface area contributed by atoms with Crippen molar-refractivity contribution in [3.63, 3.8) is 0 Å². The second kappa shape index (κ2) is 13.4. The van der Waals surface area contributed by atoms with Gasteiger partial charge in [0.1, 0.15) is 17.1 Å². The Kier molecular flexibility index (Phi) is 10.7. The molecule has 0 aliphatic heterocycles. The summed E-state index contributed by atoms with van der Waals surface area (Å²) in [6.07, 6.45) is -3.40. The van der Waals surface area contributed by atoms with E-state index in [4.69, 9.17) is 16.3 Å². The minimum Gasteiger partial charge on any atom is -0.493 e. The Morgan fingerprint density at radius 2 is 1.69 bits per heavy atom. The number of methoxy groups -OCH3 is 1. The van der Waals surface area contributed by atoms with Gasteiger partial charge in [0.2, 0.25) is 0 Å². The topological polar surface area (TPSA) is 72.9 Å². The van der Waals surface area contributed by atoms with Gasteiger partial charge in [0.05, 0.1) is 29.2 Å². The minimum absolute atomic E-state index is 0.0266. The van der Waals surface area contributed by atoms with Crippen LogP contribution in [0.3, 0.4) is 0 Å². The summed E-state index contributed by atoms with van der Waals surface area (Å²) < 4.78 is 89.7. The summed E-state index contributed by atoms with van der Waals surface area (Å²) in [4.78, 5) is 13.4. The lowest BCUT2D eigenvalue weighted by atomic mass is 9.84. The average molecular weight is 630 g/mol. The van der Waals surface area contributed by atoms with Gasteiger partial charge in [-0.25, -0.2) is 17.6 Å². The highest BCUT2D eigenvalue weighted by Gasteiger charge is 2.34. The average Bonchev–Trinajstić information content (AvgIpc) is 2.90. The lowest BCUT2D eigenvalue weighted by molar-refractivity contribution is -0.137. The molecule has 0 radical (unpaired) electrons. The Morgan fingerprint density at radius 1 is 1.02 bits per heavy atom. The molecule has 0 fully saturated rings. The van der Waals surface area contributed by atoms with Crippen molar-refractivity contribution >= 4 is 27.4 Å². The Morgan fingerprint density at radius 3 is 2.29 bits per heavy atom. The molecule has 3 aromatic rings. The van der Waals surface area contributed by atoms with Crippen LogP contribution in [0, 0.1) is 5.82 Å². The van der Waals surface area contributed by atoms with Gasteiger partial charge in [-0.1, -0.05) is 67.9 Å². The van der Waals surface area contributed by atoms with Crippen LogP contribution in [0.5, 0.6) is 5.75 Å². The van der Waals surface area contributed by atoms with E-state index in [1.807, 2.05) is 49.1 Å². The Balaban J connectivity index is 1.81. The number of carbonyl (C=O) groups excluding carboxylic acids is 1. The summed E-state index contributed by atoms with van der Waals surface area (Å²) >= 11 is 6.19. The summed E-state index contributed by atoms with van der Waals surface area (Å²) in [7, 11) is -2.99. The number of carbonyl (C=O) groups is 1. The number of alkyl halides is 3. The Hall–Kier alpha value is -3.15. The molecule has 228 valence electrons. The summed E-state index contributed by atoms with van der Waals surface area (Å²) in [6.45, 7) is 5.03. The molecule has 0 heterocycles. The number of hydrogen-bond donors (Lipinski definition) is 0. The molecule has 3 rings (SSSR count). The van der Waals surface area contributed by atoms with E-state index in [1.54, 1.807) is 6.07 Å². The summed E-state index contributed by atoms with van der Waals surface area (Å²) in [5.74, 6) is -2.34. The van der Waals surface area contributed by atoms with Gasteiger partial charge in [-0.3, -0.25) is 4.90 Å². The van der Waals surface area contributed by atoms with E-state index in [-0.39, 0.29) is 29.3 Å². The van der Waals surface area contributed by atoms with Crippen molar-refractivity contribution in [1.82, 2.24) is 4.90 Å². The molecule has 0 aliphatic rings. The summed E-state index contributed by atoms with van der Waals surface area (Å²) in [5, 5.41) is -0.363. The molecule has 42 heavy (non-hydrogen) atoms. The van der Waals surface area contributed by atoms with Crippen molar-refractivity contribution in [2.24, 2.45) is 0 Å². The molecule has 0 N–H and O–H groups in total. The van der Waals surface area contributed by atoms with Crippen LogP contribution in [0.1, 0.15) is 47.3 Å². The fourth-order valence-electron chi connectivity index (χ4n) is 4.63. The maximum Gasteiger partial charge on any atom is 0.417 e. The smallest absolute Gasteiger partial charge is 0.417 e. The van der Waals surface area contributed by atoms with Crippen LogP contribution in [-0.2, 0) is 32.7 Å². The molecular formula is C30H32ClF4NO5S. The van der Waals surface area contributed by atoms with E-state index in [0.29, 0.717) is 25.1 Å². The van der Waals surface area contributed by atoms with Crippen LogP contribution in [0.15, 0.2) is 65.6 Å². The number of halogens is 5. The van der Waals surface area contributed by atoms with E-state index in [9.17, 15) is 30.8 Å². The highest BCUT2D eigenvalue weighted by Crippen LogP contribution is 2.37.